The monoisotopic (exact) mass is 173 g/mol. The Hall–Kier alpha value is -0.540. The Kier molecular flexibility index (Phi) is 2.91. The van der Waals surface area contributed by atoms with Crippen molar-refractivity contribution in [3.05, 3.63) is 11.8 Å². The lowest BCUT2D eigenvalue weighted by molar-refractivity contribution is 0.608. The van der Waals surface area contributed by atoms with Crippen molar-refractivity contribution >= 4 is 17.3 Å². The van der Waals surface area contributed by atoms with Gasteiger partial charge in [-0.05, 0) is 19.9 Å². The van der Waals surface area contributed by atoms with Gasteiger partial charge in [0.25, 0.3) is 0 Å². The topological polar surface area (TPSA) is 36.4 Å². The normalized spacial score (nSPS) is 35.4. The second-order valence-electron chi connectivity index (χ2n) is 2.49. The fourth-order valence-corrected chi connectivity index (χ4v) is 1.13. The van der Waals surface area contributed by atoms with Gasteiger partial charge in [0.05, 0.1) is 6.67 Å². The van der Waals surface area contributed by atoms with Crippen LogP contribution in [0.3, 0.4) is 0 Å². The van der Waals surface area contributed by atoms with E-state index in [-0.39, 0.29) is 5.62 Å². The van der Waals surface area contributed by atoms with E-state index in [0.717, 1.165) is 11.4 Å². The molecule has 0 fully saturated rings. The summed E-state index contributed by atoms with van der Waals surface area (Å²) in [6, 6.07) is 0. The molecule has 1 unspecified atom stereocenters. The molecule has 1 rings (SSSR count). The second-order valence-corrected chi connectivity index (χ2v) is 2.90. The van der Waals surface area contributed by atoms with Gasteiger partial charge in [0.15, 0.2) is 5.62 Å². The summed E-state index contributed by atoms with van der Waals surface area (Å²) in [5, 5.41) is 6.10. The minimum Gasteiger partial charge on any atom is -0.376 e. The summed E-state index contributed by atoms with van der Waals surface area (Å²) < 4.78 is 0. The maximum atomic E-state index is 5.77. The second kappa shape index (κ2) is 3.74. The highest BCUT2D eigenvalue weighted by Gasteiger charge is 2.02. The van der Waals surface area contributed by atoms with Crippen LogP contribution in [0.25, 0.3) is 0 Å². The lowest BCUT2D eigenvalue weighted by Gasteiger charge is -2.14. The summed E-state index contributed by atoms with van der Waals surface area (Å²) in [5.74, 6) is 0. The van der Waals surface area contributed by atoms with Gasteiger partial charge in [0, 0.05) is 11.4 Å². The van der Waals surface area contributed by atoms with Crippen LogP contribution >= 0.6 is 11.6 Å². The van der Waals surface area contributed by atoms with E-state index >= 15 is 0 Å². The van der Waals surface area contributed by atoms with E-state index in [1.807, 2.05) is 19.9 Å². The molecule has 3 nitrogen and oxygen atoms in total. The van der Waals surface area contributed by atoms with Crippen molar-refractivity contribution in [3.8, 4) is 0 Å². The van der Waals surface area contributed by atoms with Gasteiger partial charge in [-0.15, -0.1) is 0 Å². The standard InChI is InChI=1S/C7H12ClN3/c1-5-3-6(2)11-7(8)10-4-9-5/h3,7,9-10H,4H2,1-2H3/b5-3+,11-6-. The maximum absolute atomic E-state index is 5.77. The Morgan fingerprint density at radius 3 is 3.09 bits per heavy atom. The van der Waals surface area contributed by atoms with Gasteiger partial charge in [0.2, 0.25) is 0 Å². The number of hydrogen-bond donors (Lipinski definition) is 2. The number of nitrogens with one attached hydrogen (secondary N) is 2. The molecule has 4 heteroatoms. The summed E-state index contributed by atoms with van der Waals surface area (Å²) in [7, 11) is 0. The molecule has 62 valence electrons. The van der Waals surface area contributed by atoms with Gasteiger partial charge >= 0.3 is 0 Å². The Morgan fingerprint density at radius 1 is 1.64 bits per heavy atom. The van der Waals surface area contributed by atoms with Crippen molar-refractivity contribution < 1.29 is 0 Å². The molecule has 0 aromatic rings. The molecule has 0 aliphatic carbocycles. The molecule has 2 N–H and O–H groups in total. The van der Waals surface area contributed by atoms with E-state index in [1.165, 1.54) is 0 Å². The molecule has 1 aliphatic rings. The zero-order valence-electron chi connectivity index (χ0n) is 6.69. The maximum Gasteiger partial charge on any atom is 0.177 e. The SMILES string of the molecule is CC1=N/C(Cl)NCN\C(C)=C\1. The molecular weight excluding hydrogens is 162 g/mol. The summed E-state index contributed by atoms with van der Waals surface area (Å²) >= 11 is 5.77. The van der Waals surface area contributed by atoms with E-state index in [0.29, 0.717) is 6.67 Å². The fraction of sp³-hybridized carbons (Fsp3) is 0.571. The van der Waals surface area contributed by atoms with Crippen molar-refractivity contribution in [2.24, 2.45) is 4.99 Å². The molecule has 0 bridgehead atoms. The largest absolute Gasteiger partial charge is 0.376 e. The van der Waals surface area contributed by atoms with Gasteiger partial charge in [-0.3, -0.25) is 10.3 Å². The van der Waals surface area contributed by atoms with Crippen LogP contribution in [-0.2, 0) is 0 Å². The minimum absolute atomic E-state index is 0.313. The van der Waals surface area contributed by atoms with Crippen LogP contribution in [0.5, 0.6) is 0 Å². The van der Waals surface area contributed by atoms with Gasteiger partial charge in [0.1, 0.15) is 0 Å². The number of alkyl halides is 1. The number of rotatable bonds is 0. The van der Waals surface area contributed by atoms with Gasteiger partial charge in [-0.2, -0.15) is 0 Å². The van der Waals surface area contributed by atoms with Crippen molar-refractivity contribution in [3.63, 3.8) is 0 Å². The third-order valence-electron chi connectivity index (χ3n) is 1.38. The van der Waals surface area contributed by atoms with Crippen LogP contribution in [0.4, 0.5) is 0 Å². The van der Waals surface area contributed by atoms with Crippen molar-refractivity contribution in [1.29, 1.82) is 0 Å². The molecular formula is C7H12ClN3. The number of allylic oxidation sites excluding steroid dienone is 2. The predicted octanol–water partition coefficient (Wildman–Crippen LogP) is 1.02. The van der Waals surface area contributed by atoms with Crippen LogP contribution in [0.2, 0.25) is 0 Å². The quantitative estimate of drug-likeness (QED) is 0.424. The third-order valence-corrected chi connectivity index (χ3v) is 1.63. The average Bonchev–Trinajstić information content (AvgIpc) is 1.83. The molecule has 1 aliphatic heterocycles. The minimum atomic E-state index is -0.313. The summed E-state index contributed by atoms with van der Waals surface area (Å²) in [5.41, 5.74) is 1.72. The van der Waals surface area contributed by atoms with Crippen molar-refractivity contribution in [2.75, 3.05) is 6.67 Å². The Balaban J connectivity index is 2.72. The lowest BCUT2D eigenvalue weighted by Crippen LogP contribution is -2.34. The Morgan fingerprint density at radius 2 is 2.36 bits per heavy atom. The first-order valence-corrected chi connectivity index (χ1v) is 3.96. The summed E-state index contributed by atoms with van der Waals surface area (Å²) in [6.07, 6.45) is 1.97. The highest BCUT2D eigenvalue weighted by molar-refractivity contribution is 6.21. The lowest BCUT2D eigenvalue weighted by atomic mass is 10.3. The molecule has 0 radical (unpaired) electrons. The molecule has 1 atom stereocenters. The van der Waals surface area contributed by atoms with Crippen LogP contribution in [0.1, 0.15) is 13.8 Å². The van der Waals surface area contributed by atoms with Gasteiger partial charge in [-0.1, -0.05) is 11.6 Å². The molecule has 11 heavy (non-hydrogen) atoms. The molecule has 0 amide bonds. The first kappa shape index (κ1) is 8.56. The van der Waals surface area contributed by atoms with Gasteiger partial charge in [-0.25, -0.2) is 0 Å². The highest BCUT2D eigenvalue weighted by Crippen LogP contribution is 1.98. The first-order valence-electron chi connectivity index (χ1n) is 3.52. The average molecular weight is 174 g/mol. The third kappa shape index (κ3) is 2.91. The number of hydrogen-bond acceptors (Lipinski definition) is 3. The summed E-state index contributed by atoms with van der Waals surface area (Å²) in [6.45, 7) is 4.58. The van der Waals surface area contributed by atoms with E-state index in [2.05, 4.69) is 15.6 Å². The summed E-state index contributed by atoms with van der Waals surface area (Å²) in [4.78, 5) is 4.14. The van der Waals surface area contributed by atoms with Crippen molar-refractivity contribution in [2.45, 2.75) is 19.5 Å². The highest BCUT2D eigenvalue weighted by atomic mass is 35.5. The molecule has 0 spiro atoms. The Bertz CT molecular complexity index is 198. The number of nitrogens with zero attached hydrogens (tertiary/aromatic N) is 1. The van der Waals surface area contributed by atoms with E-state index in [9.17, 15) is 0 Å². The molecule has 1 heterocycles. The smallest absolute Gasteiger partial charge is 0.177 e. The van der Waals surface area contributed by atoms with E-state index in [4.69, 9.17) is 11.6 Å². The zero-order chi connectivity index (χ0) is 8.27. The van der Waals surface area contributed by atoms with Crippen LogP contribution < -0.4 is 10.6 Å². The molecule has 0 saturated carbocycles. The van der Waals surface area contributed by atoms with Gasteiger partial charge < -0.3 is 5.32 Å². The Labute approximate surface area is 71.5 Å². The molecule has 0 saturated heterocycles. The van der Waals surface area contributed by atoms with E-state index in [1.54, 1.807) is 0 Å². The first-order chi connectivity index (χ1) is 5.18. The van der Waals surface area contributed by atoms with E-state index < -0.39 is 0 Å². The van der Waals surface area contributed by atoms with Crippen molar-refractivity contribution in [1.82, 2.24) is 10.6 Å². The molecule has 0 aromatic heterocycles. The van der Waals surface area contributed by atoms with Crippen LogP contribution in [0, 0.1) is 0 Å². The zero-order valence-corrected chi connectivity index (χ0v) is 7.44. The number of halogens is 1. The predicted molar refractivity (Wildman–Crippen MR) is 47.6 cm³/mol. The number of aliphatic imine (C=N–C) groups is 1. The fourth-order valence-electron chi connectivity index (χ4n) is 0.901. The molecule has 0 aromatic carbocycles. The van der Waals surface area contributed by atoms with Crippen LogP contribution in [0.15, 0.2) is 16.8 Å². The van der Waals surface area contributed by atoms with Crippen LogP contribution in [-0.4, -0.2) is 18.0 Å².